The van der Waals surface area contributed by atoms with Crippen LogP contribution in [0.2, 0.25) is 0 Å². The zero-order valence-corrected chi connectivity index (χ0v) is 16.7. The number of nitrogens with zero attached hydrogens (tertiary/aromatic N) is 1. The second-order valence-corrected chi connectivity index (χ2v) is 9.08. The van der Waals surface area contributed by atoms with E-state index >= 15 is 0 Å². The molecule has 2 fully saturated rings. The molecule has 0 radical (unpaired) electrons. The molecule has 4 aromatic rings. The van der Waals surface area contributed by atoms with E-state index in [0.29, 0.717) is 22.5 Å². The van der Waals surface area contributed by atoms with Crippen molar-refractivity contribution in [1.82, 2.24) is 20.5 Å². The van der Waals surface area contributed by atoms with Crippen LogP contribution in [-0.2, 0) is 0 Å². The average Bonchev–Trinajstić information content (AvgIpc) is 3.13. The molecule has 2 aromatic heterocycles. The minimum absolute atomic E-state index is 0.150. The maximum absolute atomic E-state index is 13.4. The van der Waals surface area contributed by atoms with Crippen molar-refractivity contribution in [2.45, 2.75) is 37.6 Å². The number of carbonyl (C=O) groups is 1. The minimum Gasteiger partial charge on any atom is -0.350 e. The first-order chi connectivity index (χ1) is 15.0. The molecule has 3 N–H and O–H groups in total. The molecule has 1 spiro atoms. The summed E-state index contributed by atoms with van der Waals surface area (Å²) in [5.41, 5.74) is 2.15. The summed E-state index contributed by atoms with van der Waals surface area (Å²) in [4.78, 5) is 27.6. The standard InChI is InChI=1S/C24H21FN4O2/c25-15-6-5-13-7-20(27-19(13)8-15)23(31)26-16-11-24(12-16)9-14(10-24)21-17-3-1-2-4-18(17)22(30)29-28-21/h1-8,14,16,27H,9-12H2,(H,26,31)(H,29,30). The van der Waals surface area contributed by atoms with Gasteiger partial charge in [0.15, 0.2) is 0 Å². The van der Waals surface area contributed by atoms with E-state index in [2.05, 4.69) is 20.5 Å². The molecule has 0 unspecified atom stereocenters. The highest BCUT2D eigenvalue weighted by atomic mass is 19.1. The van der Waals surface area contributed by atoms with Gasteiger partial charge in [-0.15, -0.1) is 0 Å². The number of carbonyl (C=O) groups excluding carboxylic acids is 1. The van der Waals surface area contributed by atoms with Crippen LogP contribution >= 0.6 is 0 Å². The maximum atomic E-state index is 13.4. The number of nitrogens with one attached hydrogen (secondary N) is 3. The smallest absolute Gasteiger partial charge is 0.272 e. The predicted molar refractivity (Wildman–Crippen MR) is 116 cm³/mol. The predicted octanol–water partition coefficient (Wildman–Crippen LogP) is 4.00. The Bertz CT molecular complexity index is 1390. The van der Waals surface area contributed by atoms with Crippen LogP contribution in [0, 0.1) is 11.2 Å². The Morgan fingerprint density at radius 1 is 1.06 bits per heavy atom. The number of H-pyrrole nitrogens is 2. The lowest BCUT2D eigenvalue weighted by atomic mass is 9.49. The van der Waals surface area contributed by atoms with Crippen LogP contribution in [-0.4, -0.2) is 27.1 Å². The van der Waals surface area contributed by atoms with Gasteiger partial charge in [0.2, 0.25) is 0 Å². The van der Waals surface area contributed by atoms with Crippen molar-refractivity contribution >= 4 is 27.6 Å². The van der Waals surface area contributed by atoms with Gasteiger partial charge in [-0.1, -0.05) is 18.2 Å². The van der Waals surface area contributed by atoms with Crippen LogP contribution in [0.3, 0.4) is 0 Å². The topological polar surface area (TPSA) is 90.6 Å². The summed E-state index contributed by atoms with van der Waals surface area (Å²) in [6, 6.07) is 14.0. The van der Waals surface area contributed by atoms with E-state index in [1.807, 2.05) is 24.3 Å². The normalized spacial score (nSPS) is 24.8. The molecule has 2 aromatic carbocycles. The van der Waals surface area contributed by atoms with E-state index in [0.717, 1.165) is 42.1 Å². The van der Waals surface area contributed by atoms with E-state index in [9.17, 15) is 14.0 Å². The molecular weight excluding hydrogens is 395 g/mol. The number of aromatic amines is 2. The Morgan fingerprint density at radius 2 is 1.84 bits per heavy atom. The summed E-state index contributed by atoms with van der Waals surface area (Å²) in [5.74, 6) is -0.144. The molecule has 2 aliphatic carbocycles. The molecule has 2 heterocycles. The van der Waals surface area contributed by atoms with Gasteiger partial charge in [0, 0.05) is 28.2 Å². The third-order valence-electron chi connectivity index (χ3n) is 6.99. The van der Waals surface area contributed by atoms with Gasteiger partial charge < -0.3 is 10.3 Å². The van der Waals surface area contributed by atoms with Gasteiger partial charge in [-0.25, -0.2) is 9.49 Å². The van der Waals surface area contributed by atoms with Gasteiger partial charge in [-0.05, 0) is 61.4 Å². The van der Waals surface area contributed by atoms with E-state index in [4.69, 9.17) is 0 Å². The number of fused-ring (bicyclic) bond motifs is 2. The average molecular weight is 416 g/mol. The number of halogens is 1. The van der Waals surface area contributed by atoms with Crippen molar-refractivity contribution in [1.29, 1.82) is 0 Å². The van der Waals surface area contributed by atoms with Crippen molar-refractivity contribution in [2.75, 3.05) is 0 Å². The van der Waals surface area contributed by atoms with Crippen LogP contribution < -0.4 is 10.9 Å². The molecule has 31 heavy (non-hydrogen) atoms. The van der Waals surface area contributed by atoms with Crippen LogP contribution in [0.4, 0.5) is 4.39 Å². The van der Waals surface area contributed by atoms with Crippen LogP contribution in [0.25, 0.3) is 21.7 Å². The quantitative estimate of drug-likeness (QED) is 0.472. The number of hydrogen-bond acceptors (Lipinski definition) is 3. The molecular formula is C24H21FN4O2. The van der Waals surface area contributed by atoms with Crippen molar-refractivity contribution in [3.63, 3.8) is 0 Å². The summed E-state index contributed by atoms with van der Waals surface area (Å²) < 4.78 is 13.4. The Morgan fingerprint density at radius 3 is 2.65 bits per heavy atom. The van der Waals surface area contributed by atoms with E-state index < -0.39 is 0 Å². The van der Waals surface area contributed by atoms with Gasteiger partial charge in [-0.3, -0.25) is 9.59 Å². The first-order valence-electron chi connectivity index (χ1n) is 10.6. The first kappa shape index (κ1) is 18.3. The first-order valence-corrected chi connectivity index (χ1v) is 10.6. The highest BCUT2D eigenvalue weighted by molar-refractivity contribution is 5.98. The Kier molecular flexibility index (Phi) is 3.84. The lowest BCUT2D eigenvalue weighted by Gasteiger charge is -2.57. The fourth-order valence-electron chi connectivity index (χ4n) is 5.53. The highest BCUT2D eigenvalue weighted by Crippen LogP contribution is 2.62. The number of aromatic nitrogens is 3. The van der Waals surface area contributed by atoms with Gasteiger partial charge in [-0.2, -0.15) is 5.10 Å². The number of benzene rings is 2. The molecule has 2 saturated carbocycles. The van der Waals surface area contributed by atoms with Crippen molar-refractivity contribution < 1.29 is 9.18 Å². The lowest BCUT2D eigenvalue weighted by molar-refractivity contribution is -0.0197. The minimum atomic E-state index is -0.327. The van der Waals surface area contributed by atoms with Crippen LogP contribution in [0.15, 0.2) is 53.3 Å². The number of amides is 1. The second kappa shape index (κ2) is 6.51. The zero-order chi connectivity index (χ0) is 21.2. The maximum Gasteiger partial charge on any atom is 0.272 e. The van der Waals surface area contributed by atoms with Crippen LogP contribution in [0.1, 0.15) is 47.8 Å². The largest absolute Gasteiger partial charge is 0.350 e. The molecule has 6 nitrogen and oxygen atoms in total. The third kappa shape index (κ3) is 2.95. The molecule has 2 aliphatic rings. The second-order valence-electron chi connectivity index (χ2n) is 9.08. The Hall–Kier alpha value is -3.48. The van der Waals surface area contributed by atoms with Gasteiger partial charge >= 0.3 is 0 Å². The Labute approximate surface area is 176 Å². The highest BCUT2D eigenvalue weighted by Gasteiger charge is 2.54. The van der Waals surface area contributed by atoms with Gasteiger partial charge in [0.1, 0.15) is 11.5 Å². The zero-order valence-electron chi connectivity index (χ0n) is 16.7. The Balaban J connectivity index is 1.10. The molecule has 7 heteroatoms. The van der Waals surface area contributed by atoms with E-state index in [1.165, 1.54) is 12.1 Å². The molecule has 0 atom stereocenters. The fraction of sp³-hybridized carbons (Fsp3) is 0.292. The molecule has 0 bridgehead atoms. The molecule has 1 amide bonds. The van der Waals surface area contributed by atoms with Gasteiger partial charge in [0.25, 0.3) is 11.5 Å². The molecule has 6 rings (SSSR count). The van der Waals surface area contributed by atoms with Crippen molar-refractivity contribution in [2.24, 2.45) is 5.41 Å². The summed E-state index contributed by atoms with van der Waals surface area (Å²) in [7, 11) is 0. The van der Waals surface area contributed by atoms with E-state index in [-0.39, 0.29) is 28.7 Å². The summed E-state index contributed by atoms with van der Waals surface area (Å²) in [6.45, 7) is 0. The van der Waals surface area contributed by atoms with Gasteiger partial charge in [0.05, 0.1) is 11.1 Å². The fourth-order valence-corrected chi connectivity index (χ4v) is 5.53. The summed E-state index contributed by atoms with van der Waals surface area (Å²) >= 11 is 0. The molecule has 0 saturated heterocycles. The summed E-state index contributed by atoms with van der Waals surface area (Å²) in [5, 5.41) is 12.5. The monoisotopic (exact) mass is 416 g/mol. The van der Waals surface area contributed by atoms with Crippen molar-refractivity contribution in [3.05, 3.63) is 76.1 Å². The molecule has 0 aliphatic heterocycles. The number of hydrogen-bond donors (Lipinski definition) is 3. The van der Waals surface area contributed by atoms with Crippen LogP contribution in [0.5, 0.6) is 0 Å². The van der Waals surface area contributed by atoms with E-state index in [1.54, 1.807) is 12.1 Å². The molecule has 156 valence electrons. The third-order valence-corrected chi connectivity index (χ3v) is 6.99. The SMILES string of the molecule is O=C(NC1CC2(C1)CC(c1n[nH]c(=O)c3ccccc13)C2)c1cc2ccc(F)cc2[nH]1. The van der Waals surface area contributed by atoms with Crippen molar-refractivity contribution in [3.8, 4) is 0 Å². The number of rotatable bonds is 3. The lowest BCUT2D eigenvalue weighted by Crippen LogP contribution is -2.55. The summed E-state index contributed by atoms with van der Waals surface area (Å²) in [6.07, 6.45) is 3.94.